The Morgan fingerprint density at radius 1 is 1.44 bits per heavy atom. The monoisotopic (exact) mass is 131 g/mol. The van der Waals surface area contributed by atoms with Crippen LogP contribution in [0.25, 0.3) is 0 Å². The van der Waals surface area contributed by atoms with Crippen LogP contribution in [0.15, 0.2) is 0 Å². The first kappa shape index (κ1) is 8.92. The summed E-state index contributed by atoms with van der Waals surface area (Å²) in [4.78, 5) is 5.14. The number of hydroxylamine groups is 1. The van der Waals surface area contributed by atoms with Crippen LogP contribution < -0.4 is 5.48 Å². The van der Waals surface area contributed by atoms with Gasteiger partial charge in [-0.3, -0.25) is 4.84 Å². The van der Waals surface area contributed by atoms with Gasteiger partial charge in [-0.2, -0.15) is 0 Å². The van der Waals surface area contributed by atoms with Gasteiger partial charge in [-0.25, -0.2) is 5.48 Å². The smallest absolute Gasteiger partial charge is 0.0787 e. The highest BCUT2D eigenvalue weighted by Gasteiger charge is 2.08. The molecule has 2 heteroatoms. The predicted octanol–water partition coefficient (Wildman–Crippen LogP) is 1.57. The van der Waals surface area contributed by atoms with Crippen molar-refractivity contribution in [1.29, 1.82) is 0 Å². The Morgan fingerprint density at radius 3 is 2.33 bits per heavy atom. The van der Waals surface area contributed by atoms with E-state index < -0.39 is 0 Å². The maximum atomic E-state index is 5.14. The lowest BCUT2D eigenvalue weighted by Crippen LogP contribution is -2.23. The Balaban J connectivity index is 3.32. The van der Waals surface area contributed by atoms with Crippen molar-refractivity contribution >= 4 is 0 Å². The zero-order valence-corrected chi connectivity index (χ0v) is 6.77. The fourth-order valence-electron chi connectivity index (χ4n) is 0.634. The summed E-state index contributed by atoms with van der Waals surface area (Å²) in [5, 5.41) is 0. The van der Waals surface area contributed by atoms with E-state index in [0.717, 1.165) is 0 Å². The van der Waals surface area contributed by atoms with Gasteiger partial charge in [0, 0.05) is 7.05 Å². The van der Waals surface area contributed by atoms with Crippen molar-refractivity contribution in [2.45, 2.75) is 33.3 Å². The molecule has 0 heterocycles. The summed E-state index contributed by atoms with van der Waals surface area (Å²) in [6, 6.07) is 0. The van der Waals surface area contributed by atoms with Gasteiger partial charge in [0.1, 0.15) is 0 Å². The molecule has 0 spiro atoms. The first-order chi connectivity index (χ1) is 4.22. The molecule has 2 nitrogen and oxygen atoms in total. The zero-order chi connectivity index (χ0) is 7.28. The van der Waals surface area contributed by atoms with Crippen LogP contribution in [-0.4, -0.2) is 13.2 Å². The Kier molecular flexibility index (Phi) is 4.72. The van der Waals surface area contributed by atoms with E-state index in [4.69, 9.17) is 4.84 Å². The lowest BCUT2D eigenvalue weighted by molar-refractivity contribution is -0.0300. The molecule has 0 aliphatic rings. The van der Waals surface area contributed by atoms with Crippen molar-refractivity contribution in [2.75, 3.05) is 7.05 Å². The van der Waals surface area contributed by atoms with E-state index in [1.54, 1.807) is 7.05 Å². The van der Waals surface area contributed by atoms with Crippen molar-refractivity contribution in [3.05, 3.63) is 0 Å². The molecule has 2 atom stereocenters. The number of rotatable bonds is 4. The van der Waals surface area contributed by atoms with E-state index in [-0.39, 0.29) is 0 Å². The number of nitrogens with one attached hydrogen (secondary N) is 1. The first-order valence-electron chi connectivity index (χ1n) is 3.54. The topological polar surface area (TPSA) is 21.3 Å². The van der Waals surface area contributed by atoms with E-state index >= 15 is 0 Å². The van der Waals surface area contributed by atoms with E-state index in [9.17, 15) is 0 Å². The van der Waals surface area contributed by atoms with Crippen LogP contribution in [0.2, 0.25) is 0 Å². The largest absolute Gasteiger partial charge is 0.299 e. The molecule has 0 aliphatic carbocycles. The van der Waals surface area contributed by atoms with Crippen molar-refractivity contribution in [3.63, 3.8) is 0 Å². The molecule has 0 amide bonds. The highest BCUT2D eigenvalue weighted by atomic mass is 16.7. The predicted molar refractivity (Wildman–Crippen MR) is 39.1 cm³/mol. The van der Waals surface area contributed by atoms with Crippen LogP contribution in [0.4, 0.5) is 0 Å². The maximum Gasteiger partial charge on any atom is 0.0787 e. The maximum absolute atomic E-state index is 5.14. The molecule has 56 valence electrons. The molecule has 0 fully saturated rings. The van der Waals surface area contributed by atoms with Gasteiger partial charge in [-0.1, -0.05) is 20.3 Å². The molecule has 0 saturated carbocycles. The number of hydrogen-bond donors (Lipinski definition) is 1. The van der Waals surface area contributed by atoms with Crippen LogP contribution >= 0.6 is 0 Å². The summed E-state index contributed by atoms with van der Waals surface area (Å²) >= 11 is 0. The van der Waals surface area contributed by atoms with Gasteiger partial charge in [0.15, 0.2) is 0 Å². The molecule has 0 rings (SSSR count). The molecule has 0 aliphatic heterocycles. The second-order valence-corrected chi connectivity index (χ2v) is 2.41. The second-order valence-electron chi connectivity index (χ2n) is 2.41. The minimum Gasteiger partial charge on any atom is -0.299 e. The first-order valence-corrected chi connectivity index (χ1v) is 3.54. The molecule has 0 saturated heterocycles. The summed E-state index contributed by atoms with van der Waals surface area (Å²) in [7, 11) is 1.79. The fourth-order valence-corrected chi connectivity index (χ4v) is 0.634. The molecular formula is C7H17NO. The molecule has 1 N–H and O–H groups in total. The van der Waals surface area contributed by atoms with Gasteiger partial charge >= 0.3 is 0 Å². The molecular weight excluding hydrogens is 114 g/mol. The fraction of sp³-hybridized carbons (Fsp3) is 1.00. The van der Waals surface area contributed by atoms with Crippen LogP contribution in [0.1, 0.15) is 27.2 Å². The Labute approximate surface area is 57.5 Å². The lowest BCUT2D eigenvalue weighted by Gasteiger charge is -2.16. The van der Waals surface area contributed by atoms with Gasteiger partial charge in [-0.15, -0.1) is 0 Å². The van der Waals surface area contributed by atoms with Crippen molar-refractivity contribution in [3.8, 4) is 0 Å². The van der Waals surface area contributed by atoms with Crippen molar-refractivity contribution in [1.82, 2.24) is 5.48 Å². The third kappa shape index (κ3) is 3.49. The SMILES string of the molecule is CCC(C)C(C)ONC. The molecule has 0 aromatic heterocycles. The average molecular weight is 131 g/mol. The molecule has 0 bridgehead atoms. The van der Waals surface area contributed by atoms with Gasteiger partial charge in [0.25, 0.3) is 0 Å². The summed E-state index contributed by atoms with van der Waals surface area (Å²) in [5.41, 5.74) is 2.68. The minimum atomic E-state index is 0.319. The summed E-state index contributed by atoms with van der Waals surface area (Å²) in [6.07, 6.45) is 1.49. The summed E-state index contributed by atoms with van der Waals surface area (Å²) < 4.78 is 0. The summed E-state index contributed by atoms with van der Waals surface area (Å²) in [6.45, 7) is 6.42. The van der Waals surface area contributed by atoms with E-state index in [2.05, 4.69) is 26.3 Å². The van der Waals surface area contributed by atoms with Gasteiger partial charge in [0.05, 0.1) is 6.10 Å². The van der Waals surface area contributed by atoms with E-state index in [1.165, 1.54) is 6.42 Å². The molecule has 9 heavy (non-hydrogen) atoms. The third-order valence-corrected chi connectivity index (χ3v) is 1.75. The van der Waals surface area contributed by atoms with E-state index in [0.29, 0.717) is 12.0 Å². The normalized spacial score (nSPS) is 17.3. The highest BCUT2D eigenvalue weighted by molar-refractivity contribution is 4.56. The third-order valence-electron chi connectivity index (χ3n) is 1.75. The Bertz CT molecular complexity index is 65.9. The molecule has 0 aromatic rings. The second kappa shape index (κ2) is 4.77. The minimum absolute atomic E-state index is 0.319. The lowest BCUT2D eigenvalue weighted by atomic mass is 10.0. The Morgan fingerprint density at radius 2 is 2.00 bits per heavy atom. The summed E-state index contributed by atoms with van der Waals surface area (Å²) in [5.74, 6) is 0.637. The van der Waals surface area contributed by atoms with Gasteiger partial charge in [-0.05, 0) is 12.8 Å². The van der Waals surface area contributed by atoms with Crippen LogP contribution in [0.5, 0.6) is 0 Å². The van der Waals surface area contributed by atoms with Crippen LogP contribution in [-0.2, 0) is 4.84 Å². The Hall–Kier alpha value is -0.0800. The van der Waals surface area contributed by atoms with E-state index in [1.807, 2.05) is 0 Å². The molecule has 0 radical (unpaired) electrons. The molecule has 2 unspecified atom stereocenters. The van der Waals surface area contributed by atoms with Gasteiger partial charge in [0.2, 0.25) is 0 Å². The standard InChI is InChI=1S/C7H17NO/c1-5-6(2)7(3)9-8-4/h6-8H,5H2,1-4H3. The van der Waals surface area contributed by atoms with Crippen LogP contribution in [0.3, 0.4) is 0 Å². The van der Waals surface area contributed by atoms with Crippen molar-refractivity contribution < 1.29 is 4.84 Å². The average Bonchev–Trinajstić information content (AvgIpc) is 1.87. The quantitative estimate of drug-likeness (QED) is 0.585. The number of hydrogen-bond acceptors (Lipinski definition) is 2. The molecule has 0 aromatic carbocycles. The zero-order valence-electron chi connectivity index (χ0n) is 6.77. The van der Waals surface area contributed by atoms with Gasteiger partial charge < -0.3 is 0 Å². The van der Waals surface area contributed by atoms with Crippen molar-refractivity contribution in [2.24, 2.45) is 5.92 Å². The van der Waals surface area contributed by atoms with Crippen LogP contribution in [0, 0.1) is 5.92 Å². The highest BCUT2D eigenvalue weighted by Crippen LogP contribution is 2.08.